The molecular weight excluding hydrogens is 192 g/mol. The van der Waals surface area contributed by atoms with E-state index in [4.69, 9.17) is 10.9 Å². The lowest BCUT2D eigenvalue weighted by molar-refractivity contribution is -0.136. The summed E-state index contributed by atoms with van der Waals surface area (Å²) < 4.78 is 0. The third-order valence-corrected chi connectivity index (χ3v) is 1.25. The van der Waals surface area contributed by atoms with Crippen molar-refractivity contribution in [1.82, 2.24) is 25.6 Å². The lowest BCUT2D eigenvalue weighted by Crippen LogP contribution is -2.33. The zero-order valence-electron chi connectivity index (χ0n) is 7.04. The van der Waals surface area contributed by atoms with Gasteiger partial charge in [0.1, 0.15) is 13.0 Å². The average Bonchev–Trinajstić information content (AvgIpc) is 2.51. The lowest BCUT2D eigenvalue weighted by Gasteiger charge is -1.95. The Morgan fingerprint density at radius 1 is 1.57 bits per heavy atom. The second-order valence-corrected chi connectivity index (χ2v) is 2.37. The van der Waals surface area contributed by atoms with E-state index >= 15 is 0 Å². The van der Waals surface area contributed by atoms with Gasteiger partial charge in [0.2, 0.25) is 0 Å². The molecule has 0 atom stereocenters. The van der Waals surface area contributed by atoms with Crippen LogP contribution in [0.1, 0.15) is 5.82 Å². The minimum Gasteiger partial charge on any atom is -0.481 e. The van der Waals surface area contributed by atoms with Crippen LogP contribution >= 0.6 is 0 Å². The molecule has 76 valence electrons. The molecule has 9 nitrogen and oxygen atoms in total. The van der Waals surface area contributed by atoms with Crippen LogP contribution in [0.25, 0.3) is 0 Å². The minimum atomic E-state index is -1.06. The first-order valence-electron chi connectivity index (χ1n) is 3.59. The third kappa shape index (κ3) is 2.79. The second kappa shape index (κ2) is 4.28. The number of carbonyl (C=O) groups excluding carboxylic acids is 1. The van der Waals surface area contributed by atoms with Crippen LogP contribution in [-0.2, 0) is 22.6 Å². The lowest BCUT2D eigenvalue weighted by atomic mass is 10.4. The fourth-order valence-corrected chi connectivity index (χ4v) is 0.724. The highest BCUT2D eigenvalue weighted by atomic mass is 16.4. The Labute approximate surface area is 77.9 Å². The molecule has 0 bridgehead atoms. The number of nitrogens with zero attached hydrogens (tertiary/aromatic N) is 4. The predicted molar refractivity (Wildman–Crippen MR) is 41.5 cm³/mol. The summed E-state index contributed by atoms with van der Waals surface area (Å²) in [6.45, 7) is -0.191. The maximum Gasteiger partial charge on any atom is 0.311 e. The molecule has 0 spiro atoms. The van der Waals surface area contributed by atoms with Crippen molar-refractivity contribution in [2.24, 2.45) is 5.84 Å². The number of nitrogens with one attached hydrogen (secondary N) is 1. The fraction of sp³-hybridized carbons (Fsp3) is 0.400. The monoisotopic (exact) mass is 200 g/mol. The van der Waals surface area contributed by atoms with Gasteiger partial charge in [0.25, 0.3) is 5.91 Å². The van der Waals surface area contributed by atoms with Crippen molar-refractivity contribution < 1.29 is 14.7 Å². The van der Waals surface area contributed by atoms with Crippen molar-refractivity contribution >= 4 is 11.9 Å². The van der Waals surface area contributed by atoms with E-state index in [1.165, 1.54) is 0 Å². The number of rotatable bonds is 4. The number of tetrazole rings is 1. The molecule has 0 unspecified atom stereocenters. The Morgan fingerprint density at radius 3 is 2.86 bits per heavy atom. The summed E-state index contributed by atoms with van der Waals surface area (Å²) in [4.78, 5) is 21.9. The SMILES string of the molecule is NNC(=O)Cn1nnc(CC(=O)O)n1. The van der Waals surface area contributed by atoms with Gasteiger partial charge in [0, 0.05) is 0 Å². The molecular formula is C5H8N6O3. The van der Waals surface area contributed by atoms with Gasteiger partial charge in [0.05, 0.1) is 0 Å². The van der Waals surface area contributed by atoms with Crippen LogP contribution in [0.3, 0.4) is 0 Å². The van der Waals surface area contributed by atoms with E-state index in [1.807, 2.05) is 5.43 Å². The van der Waals surface area contributed by atoms with Gasteiger partial charge in [-0.1, -0.05) is 0 Å². The normalized spacial score (nSPS) is 9.79. The summed E-state index contributed by atoms with van der Waals surface area (Å²) >= 11 is 0. The van der Waals surface area contributed by atoms with E-state index in [0.717, 1.165) is 4.80 Å². The fourth-order valence-electron chi connectivity index (χ4n) is 0.724. The van der Waals surface area contributed by atoms with E-state index < -0.39 is 11.9 Å². The molecule has 1 aromatic heterocycles. The van der Waals surface area contributed by atoms with Crippen LogP contribution in [0.4, 0.5) is 0 Å². The van der Waals surface area contributed by atoms with Gasteiger partial charge in [-0.2, -0.15) is 4.80 Å². The van der Waals surface area contributed by atoms with Crippen LogP contribution in [0.5, 0.6) is 0 Å². The van der Waals surface area contributed by atoms with Crippen molar-refractivity contribution in [2.45, 2.75) is 13.0 Å². The van der Waals surface area contributed by atoms with E-state index in [9.17, 15) is 9.59 Å². The Balaban J connectivity index is 2.59. The first-order valence-corrected chi connectivity index (χ1v) is 3.59. The molecule has 1 aromatic rings. The van der Waals surface area contributed by atoms with Crippen LogP contribution in [-0.4, -0.2) is 37.2 Å². The molecule has 0 aliphatic heterocycles. The van der Waals surface area contributed by atoms with Gasteiger partial charge in [-0.3, -0.25) is 15.0 Å². The zero-order valence-corrected chi connectivity index (χ0v) is 7.04. The number of amides is 1. The van der Waals surface area contributed by atoms with Crippen molar-refractivity contribution in [3.63, 3.8) is 0 Å². The summed E-state index contributed by atoms with van der Waals surface area (Å²) in [7, 11) is 0. The number of carboxylic acids is 1. The van der Waals surface area contributed by atoms with Crippen molar-refractivity contribution in [3.05, 3.63) is 5.82 Å². The maximum absolute atomic E-state index is 10.7. The number of hydrogen-bond donors (Lipinski definition) is 3. The van der Waals surface area contributed by atoms with Crippen LogP contribution in [0, 0.1) is 0 Å². The summed E-state index contributed by atoms with van der Waals surface area (Å²) in [6, 6.07) is 0. The molecule has 0 aliphatic rings. The first kappa shape index (κ1) is 10.1. The number of aliphatic carboxylic acids is 1. The Hall–Kier alpha value is -2.03. The molecule has 0 aliphatic carbocycles. The van der Waals surface area contributed by atoms with Gasteiger partial charge in [-0.15, -0.1) is 10.2 Å². The van der Waals surface area contributed by atoms with Gasteiger partial charge in [0.15, 0.2) is 5.82 Å². The molecule has 0 fully saturated rings. The van der Waals surface area contributed by atoms with Crippen LogP contribution in [0.2, 0.25) is 0 Å². The standard InChI is InChI=1S/C5H8N6O3/c6-7-4(12)2-11-9-3(8-10-11)1-5(13)14/h1-2,6H2,(H,7,12)(H,13,14). The summed E-state index contributed by atoms with van der Waals surface area (Å²) in [6.07, 6.45) is -0.329. The summed E-state index contributed by atoms with van der Waals surface area (Å²) in [5.74, 6) is 3.31. The largest absolute Gasteiger partial charge is 0.481 e. The average molecular weight is 200 g/mol. The highest BCUT2D eigenvalue weighted by molar-refractivity contribution is 5.74. The zero-order chi connectivity index (χ0) is 10.6. The number of carbonyl (C=O) groups is 2. The molecule has 1 heterocycles. The highest BCUT2D eigenvalue weighted by Crippen LogP contribution is 1.88. The van der Waals surface area contributed by atoms with Gasteiger partial charge in [-0.25, -0.2) is 5.84 Å². The first-order chi connectivity index (χ1) is 6.61. The van der Waals surface area contributed by atoms with Crippen molar-refractivity contribution in [1.29, 1.82) is 0 Å². The van der Waals surface area contributed by atoms with E-state index in [2.05, 4.69) is 15.4 Å². The number of hydrogen-bond acceptors (Lipinski definition) is 6. The molecule has 4 N–H and O–H groups in total. The topological polar surface area (TPSA) is 136 Å². The number of hydrazine groups is 1. The van der Waals surface area contributed by atoms with Gasteiger partial charge < -0.3 is 5.11 Å². The van der Waals surface area contributed by atoms with Crippen molar-refractivity contribution in [3.8, 4) is 0 Å². The summed E-state index contributed by atoms with van der Waals surface area (Å²) in [5.41, 5.74) is 1.88. The van der Waals surface area contributed by atoms with Gasteiger partial charge >= 0.3 is 5.97 Å². The maximum atomic E-state index is 10.7. The molecule has 1 rings (SSSR count). The van der Waals surface area contributed by atoms with Crippen molar-refractivity contribution in [2.75, 3.05) is 0 Å². The predicted octanol–water partition coefficient (Wildman–Crippen LogP) is -2.71. The van der Waals surface area contributed by atoms with E-state index in [0.29, 0.717) is 0 Å². The van der Waals surface area contributed by atoms with Crippen LogP contribution in [0.15, 0.2) is 0 Å². The molecule has 0 saturated heterocycles. The highest BCUT2D eigenvalue weighted by Gasteiger charge is 2.09. The Morgan fingerprint density at radius 2 is 2.29 bits per heavy atom. The molecule has 14 heavy (non-hydrogen) atoms. The summed E-state index contributed by atoms with van der Waals surface area (Å²) in [5, 5.41) is 18.9. The molecule has 0 aromatic carbocycles. The number of carboxylic acid groups (broad SMARTS) is 1. The Kier molecular flexibility index (Phi) is 3.07. The number of nitrogens with two attached hydrogens (primary N) is 1. The van der Waals surface area contributed by atoms with Crippen LogP contribution < -0.4 is 11.3 Å². The van der Waals surface area contributed by atoms with Gasteiger partial charge in [-0.05, 0) is 5.21 Å². The number of aromatic nitrogens is 4. The Bertz CT molecular complexity index is 347. The minimum absolute atomic E-state index is 0.0438. The van der Waals surface area contributed by atoms with E-state index in [-0.39, 0.29) is 18.8 Å². The molecule has 0 saturated carbocycles. The molecule has 1 amide bonds. The van der Waals surface area contributed by atoms with E-state index in [1.54, 1.807) is 0 Å². The smallest absolute Gasteiger partial charge is 0.311 e. The molecule has 9 heteroatoms. The molecule has 0 radical (unpaired) electrons. The third-order valence-electron chi connectivity index (χ3n) is 1.25. The quantitative estimate of drug-likeness (QED) is 0.273. The second-order valence-electron chi connectivity index (χ2n) is 2.37.